The zero-order valence-electron chi connectivity index (χ0n) is 11.0. The zero-order valence-corrected chi connectivity index (χ0v) is 11.0. The van der Waals surface area contributed by atoms with E-state index in [9.17, 15) is 4.79 Å². The molecule has 0 fully saturated rings. The molecule has 0 N–H and O–H groups in total. The second-order valence-electron chi connectivity index (χ2n) is 4.94. The quantitative estimate of drug-likeness (QED) is 0.781. The van der Waals surface area contributed by atoms with Gasteiger partial charge >= 0.3 is 0 Å². The minimum atomic E-state index is 0.0834. The van der Waals surface area contributed by atoms with Crippen LogP contribution < -0.4 is 0 Å². The van der Waals surface area contributed by atoms with E-state index in [4.69, 9.17) is 0 Å². The number of carbonyl (C=O) groups is 1. The molecule has 1 amide bonds. The number of aromatic nitrogens is 1. The Morgan fingerprint density at radius 1 is 1.21 bits per heavy atom. The predicted octanol–water partition coefficient (Wildman–Crippen LogP) is 2.59. The Hall–Kier alpha value is -2.16. The Bertz CT molecular complexity index is 622. The molecule has 1 aliphatic rings. The van der Waals surface area contributed by atoms with Crippen LogP contribution in [0.2, 0.25) is 0 Å². The minimum Gasteiger partial charge on any atom is -0.334 e. The molecule has 0 unspecified atom stereocenters. The lowest BCUT2D eigenvalue weighted by atomic mass is 9.99. The van der Waals surface area contributed by atoms with E-state index in [1.807, 2.05) is 24.0 Å². The second kappa shape index (κ2) is 4.84. The third-order valence-electron chi connectivity index (χ3n) is 3.69. The molecule has 2 aromatic rings. The number of fused-ring (bicyclic) bond motifs is 1. The molecule has 1 aliphatic heterocycles. The van der Waals surface area contributed by atoms with Crippen molar-refractivity contribution in [2.45, 2.75) is 19.9 Å². The first-order chi connectivity index (χ1) is 9.25. The topological polar surface area (TPSA) is 33.2 Å². The molecule has 0 saturated carbocycles. The van der Waals surface area contributed by atoms with Crippen molar-refractivity contribution in [1.82, 2.24) is 9.88 Å². The molecule has 1 aromatic carbocycles. The molecular weight excluding hydrogens is 236 g/mol. The number of aryl methyl sites for hydroxylation is 1. The third kappa shape index (κ3) is 2.24. The fraction of sp³-hybridized carbons (Fsp3) is 0.250. The highest BCUT2D eigenvalue weighted by Gasteiger charge is 2.22. The van der Waals surface area contributed by atoms with Crippen LogP contribution >= 0.6 is 0 Å². The van der Waals surface area contributed by atoms with Gasteiger partial charge in [0.25, 0.3) is 5.91 Å². The van der Waals surface area contributed by atoms with Crippen LogP contribution in [0.3, 0.4) is 0 Å². The van der Waals surface area contributed by atoms with E-state index in [0.29, 0.717) is 12.1 Å². The molecule has 1 aromatic heterocycles. The Morgan fingerprint density at radius 2 is 2.00 bits per heavy atom. The summed E-state index contributed by atoms with van der Waals surface area (Å²) in [5.41, 5.74) is 4.30. The standard InChI is InChI=1S/C16H16N2O/c1-12-6-8-17-10-15(12)16(19)18-9-7-13-4-2-3-5-14(13)11-18/h2-6,8,10H,7,9,11H2,1H3. The molecule has 0 aliphatic carbocycles. The second-order valence-corrected chi connectivity index (χ2v) is 4.94. The van der Waals surface area contributed by atoms with Crippen LogP contribution in [0.5, 0.6) is 0 Å². The van der Waals surface area contributed by atoms with E-state index >= 15 is 0 Å². The van der Waals surface area contributed by atoms with E-state index in [-0.39, 0.29) is 5.91 Å². The molecule has 3 nitrogen and oxygen atoms in total. The van der Waals surface area contributed by atoms with Crippen molar-refractivity contribution in [2.75, 3.05) is 6.54 Å². The average Bonchev–Trinajstić information content (AvgIpc) is 2.46. The molecule has 2 heterocycles. The van der Waals surface area contributed by atoms with Crippen molar-refractivity contribution in [1.29, 1.82) is 0 Å². The van der Waals surface area contributed by atoms with Gasteiger partial charge in [0.2, 0.25) is 0 Å². The zero-order chi connectivity index (χ0) is 13.2. The number of carbonyl (C=O) groups excluding carboxylic acids is 1. The Kier molecular flexibility index (Phi) is 3.03. The Morgan fingerprint density at radius 3 is 2.79 bits per heavy atom. The average molecular weight is 252 g/mol. The molecular formula is C16H16N2O. The highest BCUT2D eigenvalue weighted by Crippen LogP contribution is 2.20. The molecule has 96 valence electrons. The van der Waals surface area contributed by atoms with Crippen LogP contribution in [0, 0.1) is 6.92 Å². The highest BCUT2D eigenvalue weighted by atomic mass is 16.2. The molecule has 3 rings (SSSR count). The van der Waals surface area contributed by atoms with Gasteiger partial charge in [-0.3, -0.25) is 9.78 Å². The van der Waals surface area contributed by atoms with Crippen molar-refractivity contribution in [2.24, 2.45) is 0 Å². The van der Waals surface area contributed by atoms with E-state index in [0.717, 1.165) is 18.5 Å². The monoisotopic (exact) mass is 252 g/mol. The van der Waals surface area contributed by atoms with Gasteiger partial charge in [0.1, 0.15) is 0 Å². The van der Waals surface area contributed by atoms with Gasteiger partial charge < -0.3 is 4.90 Å². The molecule has 0 atom stereocenters. The van der Waals surface area contributed by atoms with Gasteiger partial charge in [-0.2, -0.15) is 0 Å². The van der Waals surface area contributed by atoms with E-state index < -0.39 is 0 Å². The summed E-state index contributed by atoms with van der Waals surface area (Å²) < 4.78 is 0. The summed E-state index contributed by atoms with van der Waals surface area (Å²) in [6.45, 7) is 3.43. The summed E-state index contributed by atoms with van der Waals surface area (Å²) in [6, 6.07) is 10.2. The van der Waals surface area contributed by atoms with Crippen LogP contribution in [-0.4, -0.2) is 22.3 Å². The number of hydrogen-bond acceptors (Lipinski definition) is 2. The van der Waals surface area contributed by atoms with Crippen LogP contribution in [0.15, 0.2) is 42.7 Å². The summed E-state index contributed by atoms with van der Waals surface area (Å²) in [4.78, 5) is 18.5. The summed E-state index contributed by atoms with van der Waals surface area (Å²) in [5.74, 6) is 0.0834. The number of nitrogens with zero attached hydrogens (tertiary/aromatic N) is 2. The minimum absolute atomic E-state index is 0.0834. The van der Waals surface area contributed by atoms with Crippen LogP contribution in [0.4, 0.5) is 0 Å². The van der Waals surface area contributed by atoms with Gasteiger partial charge in [-0.25, -0.2) is 0 Å². The third-order valence-corrected chi connectivity index (χ3v) is 3.69. The van der Waals surface area contributed by atoms with Crippen LogP contribution in [-0.2, 0) is 13.0 Å². The number of benzene rings is 1. The van der Waals surface area contributed by atoms with Gasteiger partial charge in [-0.15, -0.1) is 0 Å². The van der Waals surface area contributed by atoms with E-state index in [1.54, 1.807) is 12.4 Å². The molecule has 0 bridgehead atoms. The van der Waals surface area contributed by atoms with Gasteiger partial charge in [0.05, 0.1) is 5.56 Å². The largest absolute Gasteiger partial charge is 0.334 e. The summed E-state index contributed by atoms with van der Waals surface area (Å²) in [5, 5.41) is 0. The maximum Gasteiger partial charge on any atom is 0.255 e. The Labute approximate surface area is 112 Å². The smallest absolute Gasteiger partial charge is 0.255 e. The molecule has 19 heavy (non-hydrogen) atoms. The lowest BCUT2D eigenvalue weighted by Crippen LogP contribution is -2.36. The summed E-state index contributed by atoms with van der Waals surface area (Å²) in [7, 11) is 0. The van der Waals surface area contributed by atoms with Crippen molar-refractivity contribution in [3.8, 4) is 0 Å². The van der Waals surface area contributed by atoms with Crippen molar-refractivity contribution in [3.63, 3.8) is 0 Å². The van der Waals surface area contributed by atoms with E-state index in [1.165, 1.54) is 11.1 Å². The molecule has 3 heteroatoms. The van der Waals surface area contributed by atoms with Gasteiger partial charge in [0.15, 0.2) is 0 Å². The summed E-state index contributed by atoms with van der Waals surface area (Å²) >= 11 is 0. The van der Waals surface area contributed by atoms with E-state index in [2.05, 4.69) is 23.2 Å². The maximum atomic E-state index is 12.5. The van der Waals surface area contributed by atoms with Gasteiger partial charge in [-0.05, 0) is 36.1 Å². The number of pyridine rings is 1. The number of rotatable bonds is 1. The maximum absolute atomic E-state index is 12.5. The highest BCUT2D eigenvalue weighted by molar-refractivity contribution is 5.95. The summed E-state index contributed by atoms with van der Waals surface area (Å²) in [6.07, 6.45) is 4.32. The molecule has 0 spiro atoms. The van der Waals surface area contributed by atoms with Crippen molar-refractivity contribution < 1.29 is 4.79 Å². The normalized spacial score (nSPS) is 14.1. The first-order valence-electron chi connectivity index (χ1n) is 6.52. The molecule has 0 radical (unpaired) electrons. The first kappa shape index (κ1) is 11.9. The Balaban J connectivity index is 1.86. The van der Waals surface area contributed by atoms with Crippen molar-refractivity contribution in [3.05, 3.63) is 65.0 Å². The number of hydrogen-bond donors (Lipinski definition) is 0. The van der Waals surface area contributed by atoms with Crippen LogP contribution in [0.1, 0.15) is 27.0 Å². The number of amides is 1. The van der Waals surface area contributed by atoms with Crippen molar-refractivity contribution >= 4 is 5.91 Å². The van der Waals surface area contributed by atoms with Gasteiger partial charge in [-0.1, -0.05) is 24.3 Å². The predicted molar refractivity (Wildman–Crippen MR) is 73.9 cm³/mol. The van der Waals surface area contributed by atoms with Gasteiger partial charge in [0, 0.05) is 25.5 Å². The lowest BCUT2D eigenvalue weighted by Gasteiger charge is -2.29. The fourth-order valence-electron chi connectivity index (χ4n) is 2.53. The fourth-order valence-corrected chi connectivity index (χ4v) is 2.53. The SMILES string of the molecule is Cc1ccncc1C(=O)N1CCc2ccccc2C1. The lowest BCUT2D eigenvalue weighted by molar-refractivity contribution is 0.0733. The molecule has 0 saturated heterocycles. The van der Waals surface area contributed by atoms with Crippen LogP contribution in [0.25, 0.3) is 0 Å². The first-order valence-corrected chi connectivity index (χ1v) is 6.52.